The van der Waals surface area contributed by atoms with Crippen LogP contribution in [0.15, 0.2) is 15.1 Å². The van der Waals surface area contributed by atoms with Crippen LogP contribution in [0.25, 0.3) is 22.1 Å². The minimum atomic E-state index is 0.987. The highest BCUT2D eigenvalue weighted by atomic mass is 79.9. The van der Waals surface area contributed by atoms with Crippen molar-refractivity contribution in [2.45, 2.75) is 240 Å². The molecule has 0 N–H and O–H groups in total. The van der Waals surface area contributed by atoms with E-state index in [9.17, 15) is 0 Å². The van der Waals surface area contributed by atoms with Crippen LogP contribution in [0.2, 0.25) is 0 Å². The fourth-order valence-corrected chi connectivity index (χ4v) is 13.6. The molecular formula is C49H78Br4N4S2. The zero-order chi connectivity index (χ0) is 42.5. The fraction of sp³-hybridized carbons (Fsp3) is 0.755. The average Bonchev–Trinajstić information content (AvgIpc) is 3.66. The monoisotopic (exact) mass is 1100 g/mol. The molecule has 0 spiro atoms. The minimum Gasteiger partial charge on any atom is -0.247 e. The van der Waals surface area contributed by atoms with Gasteiger partial charge in [-0.05, 0) is 109 Å². The number of nitrogens with zero attached hydrogens (tertiary/aromatic N) is 4. The van der Waals surface area contributed by atoms with Crippen LogP contribution in [0.3, 0.4) is 0 Å². The second-order valence-corrected chi connectivity index (χ2v) is 24.2. The van der Waals surface area contributed by atoms with Gasteiger partial charge in [-0.15, -0.1) is 22.7 Å². The Kier molecular flexibility index (Phi) is 30.3. The Bertz CT molecular complexity index is 1630. The van der Waals surface area contributed by atoms with Crippen molar-refractivity contribution in [3.05, 3.63) is 37.9 Å². The van der Waals surface area contributed by atoms with Gasteiger partial charge in [0.15, 0.2) is 0 Å². The highest BCUT2D eigenvalue weighted by molar-refractivity contribution is 9.12. The van der Waals surface area contributed by atoms with Crippen molar-refractivity contribution in [1.29, 1.82) is 0 Å². The quantitative estimate of drug-likeness (QED) is 0.0446. The molecule has 334 valence electrons. The number of rotatable bonds is 33. The van der Waals surface area contributed by atoms with Crippen LogP contribution in [0.4, 0.5) is 0 Å². The van der Waals surface area contributed by atoms with E-state index in [2.05, 4.69) is 91.4 Å². The summed E-state index contributed by atoms with van der Waals surface area (Å²) in [6.45, 7) is 8.94. The van der Waals surface area contributed by atoms with Gasteiger partial charge in [0.25, 0.3) is 0 Å². The molecule has 4 rings (SSSR count). The van der Waals surface area contributed by atoms with Gasteiger partial charge in [0.05, 0.1) is 37.9 Å². The molecule has 0 bridgehead atoms. The molecule has 4 aromatic rings. The Balaban J connectivity index is 0.000000320. The molecule has 0 saturated heterocycles. The molecule has 0 aliphatic carbocycles. The first kappa shape index (κ1) is 53.3. The molecule has 4 nitrogen and oxygen atoms in total. The summed E-state index contributed by atoms with van der Waals surface area (Å²) in [5.41, 5.74) is 8.76. The van der Waals surface area contributed by atoms with Crippen molar-refractivity contribution in [2.24, 2.45) is 0 Å². The highest BCUT2D eigenvalue weighted by Gasteiger charge is 2.16. The average molecular weight is 1110 g/mol. The zero-order valence-corrected chi connectivity index (χ0v) is 45.4. The SMILES string of the molecule is CCCCCCCCCCCCCCCCCCCCc1nc2c(Br)sc(Br)c2nc1C.CCCCCCCCc1nc2c(Br)sc(Br)c2nc1CCCCCCCC. The van der Waals surface area contributed by atoms with E-state index in [4.69, 9.17) is 19.9 Å². The third-order valence-corrected chi connectivity index (χ3v) is 16.6. The van der Waals surface area contributed by atoms with Crippen molar-refractivity contribution >= 4 is 108 Å². The summed E-state index contributed by atoms with van der Waals surface area (Å²) in [7, 11) is 0. The van der Waals surface area contributed by atoms with Crippen LogP contribution in [0, 0.1) is 6.92 Å². The maximum Gasteiger partial charge on any atom is 0.115 e. The van der Waals surface area contributed by atoms with Crippen LogP contribution in [-0.2, 0) is 19.3 Å². The van der Waals surface area contributed by atoms with E-state index in [1.54, 1.807) is 22.7 Å². The molecule has 0 aliphatic heterocycles. The zero-order valence-electron chi connectivity index (χ0n) is 37.5. The fourth-order valence-electron chi connectivity index (χ4n) is 7.93. The number of fused-ring (bicyclic) bond motifs is 2. The minimum absolute atomic E-state index is 0.987. The maximum absolute atomic E-state index is 5.03. The van der Waals surface area contributed by atoms with Gasteiger partial charge in [0, 0.05) is 0 Å². The molecule has 4 heterocycles. The predicted octanol–water partition coefficient (Wildman–Crippen LogP) is 20.1. The summed E-state index contributed by atoms with van der Waals surface area (Å²) < 4.78 is 4.32. The van der Waals surface area contributed by atoms with E-state index in [-0.39, 0.29) is 0 Å². The predicted molar refractivity (Wildman–Crippen MR) is 277 cm³/mol. The number of unbranched alkanes of at least 4 members (excludes halogenated alkanes) is 27. The van der Waals surface area contributed by atoms with Gasteiger partial charge < -0.3 is 0 Å². The smallest absolute Gasteiger partial charge is 0.115 e. The van der Waals surface area contributed by atoms with Crippen molar-refractivity contribution in [3.8, 4) is 0 Å². The summed E-state index contributed by atoms with van der Waals surface area (Å²) in [6, 6.07) is 0. The third-order valence-electron chi connectivity index (χ3n) is 11.6. The van der Waals surface area contributed by atoms with E-state index in [1.807, 2.05) is 0 Å². The van der Waals surface area contributed by atoms with Gasteiger partial charge in [0.2, 0.25) is 0 Å². The first-order valence-electron chi connectivity index (χ1n) is 24.0. The Hall–Kier alpha value is -0.000000000000000278. The second kappa shape index (κ2) is 33.5. The lowest BCUT2D eigenvalue weighted by Gasteiger charge is -2.09. The number of hydrogen-bond donors (Lipinski definition) is 0. The highest BCUT2D eigenvalue weighted by Crippen LogP contribution is 2.39. The Morgan fingerprint density at radius 2 is 0.525 bits per heavy atom. The Labute approximate surface area is 402 Å². The molecule has 0 amide bonds. The molecule has 59 heavy (non-hydrogen) atoms. The van der Waals surface area contributed by atoms with Crippen LogP contribution in [0.1, 0.15) is 236 Å². The Morgan fingerprint density at radius 1 is 0.305 bits per heavy atom. The van der Waals surface area contributed by atoms with Crippen LogP contribution >= 0.6 is 86.4 Å². The molecule has 0 radical (unpaired) electrons. The first-order valence-corrected chi connectivity index (χ1v) is 28.8. The second-order valence-electron chi connectivity index (χ2n) is 16.9. The van der Waals surface area contributed by atoms with Gasteiger partial charge in [-0.3, -0.25) is 0 Å². The van der Waals surface area contributed by atoms with Crippen molar-refractivity contribution in [1.82, 2.24) is 19.9 Å². The summed E-state index contributed by atoms with van der Waals surface area (Å²) in [5, 5.41) is 0. The van der Waals surface area contributed by atoms with Gasteiger partial charge >= 0.3 is 0 Å². The van der Waals surface area contributed by atoms with Gasteiger partial charge in [-0.1, -0.05) is 194 Å². The lowest BCUT2D eigenvalue weighted by Crippen LogP contribution is -2.03. The standard InChI is InChI=1S/C27H44Br2N2S.C22H34Br2N2S/c1-3-4-5-6-7-8-9-10-11-12-13-14-15-16-17-18-19-20-21-23-22(2)30-24-25(31-23)27(29)32-26(24)28;1-3-5-7-9-11-13-15-17-18(16-14-12-10-8-6-4-2)26-20-19(25-17)21(23)27-22(20)24/h3-21H2,1-2H3;3-16H2,1-2H3. The van der Waals surface area contributed by atoms with E-state index in [0.29, 0.717) is 0 Å². The van der Waals surface area contributed by atoms with Crippen LogP contribution < -0.4 is 0 Å². The lowest BCUT2D eigenvalue weighted by molar-refractivity contribution is 0.525. The van der Waals surface area contributed by atoms with E-state index >= 15 is 0 Å². The van der Waals surface area contributed by atoms with Crippen molar-refractivity contribution < 1.29 is 0 Å². The van der Waals surface area contributed by atoms with Gasteiger partial charge in [-0.25, -0.2) is 19.9 Å². The van der Waals surface area contributed by atoms with Crippen LogP contribution in [-0.4, -0.2) is 19.9 Å². The number of aromatic nitrogens is 4. The lowest BCUT2D eigenvalue weighted by atomic mass is 10.0. The summed E-state index contributed by atoms with van der Waals surface area (Å²) >= 11 is 17.9. The van der Waals surface area contributed by atoms with Gasteiger partial charge in [-0.2, -0.15) is 0 Å². The number of thiophene rings is 2. The molecule has 0 atom stereocenters. The molecule has 0 aliphatic rings. The van der Waals surface area contributed by atoms with E-state index in [1.165, 1.54) is 210 Å². The molecule has 0 fully saturated rings. The first-order chi connectivity index (χ1) is 28.8. The summed E-state index contributed by atoms with van der Waals surface area (Å²) in [4.78, 5) is 19.7. The summed E-state index contributed by atoms with van der Waals surface area (Å²) in [6.07, 6.45) is 44.6. The number of aryl methyl sites for hydroxylation is 4. The normalized spacial score (nSPS) is 11.6. The Morgan fingerprint density at radius 3 is 0.814 bits per heavy atom. The molecule has 10 heteroatoms. The third kappa shape index (κ3) is 21.5. The number of hydrogen-bond acceptors (Lipinski definition) is 6. The van der Waals surface area contributed by atoms with Gasteiger partial charge in [0.1, 0.15) is 22.1 Å². The van der Waals surface area contributed by atoms with Crippen molar-refractivity contribution in [3.63, 3.8) is 0 Å². The topological polar surface area (TPSA) is 51.6 Å². The number of halogens is 4. The molecule has 0 aromatic carbocycles. The maximum atomic E-state index is 5.03. The van der Waals surface area contributed by atoms with E-state index < -0.39 is 0 Å². The molecule has 0 saturated carbocycles. The van der Waals surface area contributed by atoms with Crippen LogP contribution in [0.5, 0.6) is 0 Å². The summed E-state index contributed by atoms with van der Waals surface area (Å²) in [5.74, 6) is 0. The largest absolute Gasteiger partial charge is 0.247 e. The molecule has 4 aromatic heterocycles. The molecular weight excluding hydrogens is 1030 g/mol. The van der Waals surface area contributed by atoms with Crippen molar-refractivity contribution in [2.75, 3.05) is 0 Å². The molecule has 0 unspecified atom stereocenters. The van der Waals surface area contributed by atoms with E-state index in [0.717, 1.165) is 62.2 Å².